The summed E-state index contributed by atoms with van der Waals surface area (Å²) in [6.07, 6.45) is 1.28. The van der Waals surface area contributed by atoms with Crippen LogP contribution in [0.2, 0.25) is 0 Å². The maximum atomic E-state index is 13.2. The highest BCUT2D eigenvalue weighted by atomic mass is 16.5. The average Bonchev–Trinajstić information content (AvgIpc) is 2.74. The number of H-pyrrole nitrogens is 1. The van der Waals surface area contributed by atoms with Gasteiger partial charge in [-0.15, -0.1) is 0 Å². The van der Waals surface area contributed by atoms with E-state index in [1.54, 1.807) is 6.07 Å². The van der Waals surface area contributed by atoms with Crippen LogP contribution in [0.15, 0.2) is 59.4 Å². The van der Waals surface area contributed by atoms with Gasteiger partial charge >= 0.3 is 0 Å². The number of hydrogen-bond acceptors (Lipinski definition) is 4. The zero-order valence-corrected chi connectivity index (χ0v) is 14.9. The lowest BCUT2D eigenvalue weighted by atomic mass is 9.73. The summed E-state index contributed by atoms with van der Waals surface area (Å²) in [5.41, 5.74) is 0.821. The van der Waals surface area contributed by atoms with Crippen LogP contribution >= 0.6 is 0 Å². The molecule has 1 aliphatic heterocycles. The Balaban J connectivity index is 1.61. The van der Waals surface area contributed by atoms with Crippen LogP contribution in [-0.4, -0.2) is 29.3 Å². The van der Waals surface area contributed by atoms with Gasteiger partial charge in [-0.25, -0.2) is 5.10 Å². The van der Waals surface area contributed by atoms with Crippen LogP contribution in [0.3, 0.4) is 0 Å². The van der Waals surface area contributed by atoms with E-state index in [0.29, 0.717) is 37.1 Å². The molecule has 0 saturated carbocycles. The molecule has 1 amide bonds. The highest BCUT2D eigenvalue weighted by Crippen LogP contribution is 2.35. The van der Waals surface area contributed by atoms with Crippen molar-refractivity contribution in [2.45, 2.75) is 24.8 Å². The monoisotopic (exact) mass is 363 g/mol. The van der Waals surface area contributed by atoms with E-state index in [1.165, 1.54) is 0 Å². The lowest BCUT2D eigenvalue weighted by Gasteiger charge is -2.36. The van der Waals surface area contributed by atoms with Crippen molar-refractivity contribution in [3.63, 3.8) is 0 Å². The molecule has 0 bridgehead atoms. The van der Waals surface area contributed by atoms with Gasteiger partial charge in [0.05, 0.1) is 23.0 Å². The van der Waals surface area contributed by atoms with Gasteiger partial charge in [-0.2, -0.15) is 5.10 Å². The standard InChI is InChI=1S/C21H21N3O3/c25-19-17-9-5-4-8-16(17)18(23-24-19)14-22-20(26)21(10-12-27-13-11-21)15-6-2-1-3-7-15/h1-9H,10-14H2,(H,22,26)(H,24,25). The van der Waals surface area contributed by atoms with Crippen LogP contribution in [0.1, 0.15) is 24.1 Å². The zero-order chi connectivity index (χ0) is 18.7. The van der Waals surface area contributed by atoms with Crippen molar-refractivity contribution in [2.75, 3.05) is 13.2 Å². The number of amides is 1. The van der Waals surface area contributed by atoms with Crippen molar-refractivity contribution >= 4 is 16.7 Å². The molecule has 27 heavy (non-hydrogen) atoms. The van der Waals surface area contributed by atoms with Gasteiger partial charge in [0.2, 0.25) is 5.91 Å². The number of aromatic nitrogens is 2. The number of carbonyl (C=O) groups excluding carboxylic acids is 1. The molecule has 0 unspecified atom stereocenters. The normalized spacial score (nSPS) is 16.1. The molecule has 3 aromatic rings. The number of nitrogens with zero attached hydrogens (tertiary/aromatic N) is 1. The quantitative estimate of drug-likeness (QED) is 0.745. The van der Waals surface area contributed by atoms with Crippen molar-refractivity contribution in [1.29, 1.82) is 0 Å². The molecule has 1 fully saturated rings. The molecule has 0 aliphatic carbocycles. The van der Waals surface area contributed by atoms with Gasteiger partial charge in [0, 0.05) is 18.6 Å². The number of ether oxygens (including phenoxy) is 1. The molecule has 0 radical (unpaired) electrons. The topological polar surface area (TPSA) is 84.1 Å². The average molecular weight is 363 g/mol. The number of nitrogens with one attached hydrogen (secondary N) is 2. The van der Waals surface area contributed by atoms with Crippen LogP contribution in [0.5, 0.6) is 0 Å². The molecular formula is C21H21N3O3. The predicted molar refractivity (Wildman–Crippen MR) is 102 cm³/mol. The smallest absolute Gasteiger partial charge is 0.272 e. The minimum atomic E-state index is -0.600. The molecule has 1 saturated heterocycles. The first-order chi connectivity index (χ1) is 13.2. The van der Waals surface area contributed by atoms with Gasteiger partial charge in [-0.05, 0) is 24.5 Å². The summed E-state index contributed by atoms with van der Waals surface area (Å²) in [6.45, 7) is 1.37. The van der Waals surface area contributed by atoms with Crippen molar-refractivity contribution < 1.29 is 9.53 Å². The van der Waals surface area contributed by atoms with Crippen LogP contribution in [0, 0.1) is 0 Å². The summed E-state index contributed by atoms with van der Waals surface area (Å²) in [5, 5.41) is 11.0. The lowest BCUT2D eigenvalue weighted by molar-refractivity contribution is -0.130. The van der Waals surface area contributed by atoms with Gasteiger partial charge in [0.15, 0.2) is 0 Å². The third-order valence-electron chi connectivity index (χ3n) is 5.30. The largest absolute Gasteiger partial charge is 0.381 e. The molecule has 0 spiro atoms. The fourth-order valence-electron chi connectivity index (χ4n) is 3.76. The highest BCUT2D eigenvalue weighted by molar-refractivity contribution is 5.89. The fourth-order valence-corrected chi connectivity index (χ4v) is 3.76. The van der Waals surface area contributed by atoms with Crippen LogP contribution in [0.4, 0.5) is 0 Å². The van der Waals surface area contributed by atoms with Gasteiger partial charge in [-0.1, -0.05) is 48.5 Å². The Kier molecular flexibility index (Phi) is 4.73. The molecule has 2 heterocycles. The van der Waals surface area contributed by atoms with Crippen LogP contribution in [-0.2, 0) is 21.5 Å². The minimum Gasteiger partial charge on any atom is -0.381 e. The maximum Gasteiger partial charge on any atom is 0.272 e. The fraction of sp³-hybridized carbons (Fsp3) is 0.286. The number of carbonyl (C=O) groups is 1. The van der Waals surface area contributed by atoms with E-state index in [9.17, 15) is 9.59 Å². The molecule has 1 aliphatic rings. The SMILES string of the molecule is O=C(NCc1n[nH]c(=O)c2ccccc12)C1(c2ccccc2)CCOCC1. The Morgan fingerprint density at radius 1 is 1.04 bits per heavy atom. The minimum absolute atomic E-state index is 0.0333. The van der Waals surface area contributed by atoms with E-state index < -0.39 is 5.41 Å². The second-order valence-corrected chi connectivity index (χ2v) is 6.79. The summed E-state index contributed by atoms with van der Waals surface area (Å²) >= 11 is 0. The molecule has 4 rings (SSSR count). The molecular weight excluding hydrogens is 342 g/mol. The molecule has 2 N–H and O–H groups in total. The van der Waals surface area contributed by atoms with E-state index in [2.05, 4.69) is 15.5 Å². The summed E-state index contributed by atoms with van der Waals surface area (Å²) < 4.78 is 5.50. The zero-order valence-electron chi connectivity index (χ0n) is 14.9. The second-order valence-electron chi connectivity index (χ2n) is 6.79. The summed E-state index contributed by atoms with van der Waals surface area (Å²) in [5.74, 6) is -0.0333. The van der Waals surface area contributed by atoms with E-state index in [4.69, 9.17) is 4.74 Å². The van der Waals surface area contributed by atoms with Gasteiger partial charge < -0.3 is 10.1 Å². The second kappa shape index (κ2) is 7.32. The van der Waals surface area contributed by atoms with E-state index in [0.717, 1.165) is 10.9 Å². The van der Waals surface area contributed by atoms with E-state index in [1.807, 2.05) is 48.5 Å². The molecule has 138 valence electrons. The van der Waals surface area contributed by atoms with Crippen molar-refractivity contribution in [3.8, 4) is 0 Å². The first-order valence-electron chi connectivity index (χ1n) is 9.09. The van der Waals surface area contributed by atoms with Gasteiger partial charge in [0.1, 0.15) is 0 Å². The first kappa shape index (κ1) is 17.4. The van der Waals surface area contributed by atoms with Crippen molar-refractivity contribution in [3.05, 3.63) is 76.2 Å². The predicted octanol–water partition coefficient (Wildman–Crippen LogP) is 2.29. The Hall–Kier alpha value is -2.99. The number of aromatic amines is 1. The molecule has 0 atom stereocenters. The van der Waals surface area contributed by atoms with Crippen LogP contribution < -0.4 is 10.9 Å². The Labute approximate surface area is 156 Å². The van der Waals surface area contributed by atoms with Gasteiger partial charge in [-0.3, -0.25) is 9.59 Å². The molecule has 6 heteroatoms. The summed E-state index contributed by atoms with van der Waals surface area (Å²) in [6, 6.07) is 17.1. The third-order valence-corrected chi connectivity index (χ3v) is 5.30. The van der Waals surface area contributed by atoms with Crippen molar-refractivity contribution in [2.24, 2.45) is 0 Å². The summed E-state index contributed by atoms with van der Waals surface area (Å²) in [7, 11) is 0. The molecule has 6 nitrogen and oxygen atoms in total. The Morgan fingerprint density at radius 2 is 1.70 bits per heavy atom. The van der Waals surface area contributed by atoms with Gasteiger partial charge in [0.25, 0.3) is 5.56 Å². The number of rotatable bonds is 4. The van der Waals surface area contributed by atoms with Crippen molar-refractivity contribution in [1.82, 2.24) is 15.5 Å². The number of fused-ring (bicyclic) bond motifs is 1. The lowest BCUT2D eigenvalue weighted by Crippen LogP contribution is -2.47. The maximum absolute atomic E-state index is 13.2. The number of hydrogen-bond donors (Lipinski definition) is 2. The highest BCUT2D eigenvalue weighted by Gasteiger charge is 2.41. The third kappa shape index (κ3) is 3.24. The number of benzene rings is 2. The Morgan fingerprint density at radius 3 is 2.44 bits per heavy atom. The van der Waals surface area contributed by atoms with Crippen LogP contribution in [0.25, 0.3) is 10.8 Å². The first-order valence-corrected chi connectivity index (χ1v) is 9.09. The summed E-state index contributed by atoms with van der Waals surface area (Å²) in [4.78, 5) is 25.2. The van der Waals surface area contributed by atoms with E-state index >= 15 is 0 Å². The molecule has 2 aromatic carbocycles. The Bertz CT molecular complexity index is 1010. The van der Waals surface area contributed by atoms with E-state index in [-0.39, 0.29) is 18.0 Å². The molecule has 1 aromatic heterocycles.